The van der Waals surface area contributed by atoms with E-state index in [0.717, 1.165) is 30.4 Å². The zero-order chi connectivity index (χ0) is 16.0. The van der Waals surface area contributed by atoms with Crippen LogP contribution in [0.2, 0.25) is 0 Å². The second-order valence-corrected chi connectivity index (χ2v) is 6.79. The van der Waals surface area contributed by atoms with Crippen molar-refractivity contribution in [2.45, 2.75) is 31.8 Å². The average molecular weight is 302 g/mol. The Morgan fingerprint density at radius 3 is 2.55 bits per heavy atom. The van der Waals surface area contributed by atoms with Gasteiger partial charge in [-0.2, -0.15) is 0 Å². The maximum atomic E-state index is 5.76. The Morgan fingerprint density at radius 2 is 2.00 bits per heavy atom. The second-order valence-electron chi connectivity index (χ2n) is 6.79. The monoisotopic (exact) mass is 302 g/mol. The predicted octanol–water partition coefficient (Wildman–Crippen LogP) is 1.26. The molecule has 118 valence electrons. The van der Waals surface area contributed by atoms with Gasteiger partial charge in [0.05, 0.1) is 25.0 Å². The van der Waals surface area contributed by atoms with E-state index in [1.165, 1.54) is 0 Å². The lowest BCUT2D eigenvalue weighted by Gasteiger charge is -2.49. The number of aromatic nitrogens is 5. The van der Waals surface area contributed by atoms with Gasteiger partial charge >= 0.3 is 0 Å². The fourth-order valence-corrected chi connectivity index (χ4v) is 2.72. The molecule has 3 rings (SSSR count). The van der Waals surface area contributed by atoms with Crippen molar-refractivity contribution in [1.29, 1.82) is 0 Å². The van der Waals surface area contributed by atoms with Gasteiger partial charge in [-0.15, -0.1) is 5.10 Å². The molecule has 0 amide bonds. The van der Waals surface area contributed by atoms with E-state index in [-0.39, 0.29) is 11.0 Å². The van der Waals surface area contributed by atoms with Gasteiger partial charge in [-0.3, -0.25) is 0 Å². The lowest BCUT2D eigenvalue weighted by Crippen LogP contribution is -2.61. The fraction of sp³-hybridized carbons (Fsp3) is 0.600. The SMILES string of the molecule is COC1(c2cnnn2C)CN(c2ccnc(C(C)(C)C)n2)C1. The summed E-state index contributed by atoms with van der Waals surface area (Å²) in [5.41, 5.74) is 0.548. The van der Waals surface area contributed by atoms with Crippen molar-refractivity contribution in [2.24, 2.45) is 7.05 Å². The molecule has 0 bridgehead atoms. The number of anilines is 1. The first-order chi connectivity index (χ1) is 10.4. The average Bonchev–Trinajstić information content (AvgIpc) is 2.85. The summed E-state index contributed by atoms with van der Waals surface area (Å²) in [7, 11) is 3.61. The van der Waals surface area contributed by atoms with Gasteiger partial charge in [0.1, 0.15) is 17.2 Å². The number of aryl methyl sites for hydroxylation is 1. The third kappa shape index (κ3) is 2.35. The van der Waals surface area contributed by atoms with Crippen LogP contribution in [0.4, 0.5) is 5.82 Å². The van der Waals surface area contributed by atoms with Gasteiger partial charge in [-0.25, -0.2) is 14.6 Å². The van der Waals surface area contributed by atoms with E-state index in [2.05, 4.69) is 41.0 Å². The molecule has 0 saturated carbocycles. The van der Waals surface area contributed by atoms with Gasteiger partial charge in [0.15, 0.2) is 0 Å². The van der Waals surface area contributed by atoms with E-state index in [1.807, 2.05) is 19.3 Å². The van der Waals surface area contributed by atoms with Crippen molar-refractivity contribution in [3.05, 3.63) is 30.0 Å². The molecule has 3 heterocycles. The molecule has 7 nitrogen and oxygen atoms in total. The molecule has 1 aliphatic rings. The molecule has 1 aliphatic heterocycles. The van der Waals surface area contributed by atoms with Crippen LogP contribution in [0.1, 0.15) is 32.3 Å². The van der Waals surface area contributed by atoms with E-state index >= 15 is 0 Å². The van der Waals surface area contributed by atoms with Crippen LogP contribution in [-0.4, -0.2) is 45.2 Å². The van der Waals surface area contributed by atoms with Crippen LogP contribution in [0.3, 0.4) is 0 Å². The van der Waals surface area contributed by atoms with Crippen LogP contribution >= 0.6 is 0 Å². The van der Waals surface area contributed by atoms with Gasteiger partial charge in [-0.1, -0.05) is 26.0 Å². The normalized spacial score (nSPS) is 17.4. The van der Waals surface area contributed by atoms with Crippen molar-refractivity contribution < 1.29 is 4.74 Å². The summed E-state index contributed by atoms with van der Waals surface area (Å²) in [6, 6.07) is 1.94. The summed E-state index contributed by atoms with van der Waals surface area (Å²) >= 11 is 0. The highest BCUT2D eigenvalue weighted by molar-refractivity contribution is 5.45. The minimum Gasteiger partial charge on any atom is -0.368 e. The number of rotatable bonds is 3. The highest BCUT2D eigenvalue weighted by Crippen LogP contribution is 2.37. The summed E-state index contributed by atoms with van der Waals surface area (Å²) in [6.45, 7) is 7.80. The first-order valence-electron chi connectivity index (χ1n) is 7.34. The summed E-state index contributed by atoms with van der Waals surface area (Å²) in [5, 5.41) is 7.95. The number of hydrogen-bond donors (Lipinski definition) is 0. The number of methoxy groups -OCH3 is 1. The van der Waals surface area contributed by atoms with Crippen LogP contribution in [0, 0.1) is 0 Å². The quantitative estimate of drug-likeness (QED) is 0.850. The third-order valence-electron chi connectivity index (χ3n) is 4.10. The van der Waals surface area contributed by atoms with Crippen LogP contribution in [-0.2, 0) is 22.8 Å². The molecule has 0 aromatic carbocycles. The van der Waals surface area contributed by atoms with Crippen molar-refractivity contribution >= 4 is 5.82 Å². The molecule has 0 atom stereocenters. The number of hydrogen-bond acceptors (Lipinski definition) is 6. The van der Waals surface area contributed by atoms with Crippen LogP contribution in [0.15, 0.2) is 18.5 Å². The molecule has 2 aromatic rings. The molecule has 22 heavy (non-hydrogen) atoms. The van der Waals surface area contributed by atoms with Crippen LogP contribution in [0.5, 0.6) is 0 Å². The zero-order valence-electron chi connectivity index (χ0n) is 13.7. The van der Waals surface area contributed by atoms with Crippen LogP contribution in [0.25, 0.3) is 0 Å². The van der Waals surface area contributed by atoms with E-state index in [1.54, 1.807) is 18.0 Å². The standard InChI is InChI=1S/C15H22N6O/c1-14(2,3)13-16-7-6-12(18-13)21-9-15(10-21,22-5)11-8-17-19-20(11)4/h6-8H,9-10H2,1-5H3. The molecule has 1 fully saturated rings. The predicted molar refractivity (Wildman–Crippen MR) is 82.6 cm³/mol. The minimum atomic E-state index is -0.370. The molecule has 0 aliphatic carbocycles. The highest BCUT2D eigenvalue weighted by atomic mass is 16.5. The Labute approximate surface area is 130 Å². The van der Waals surface area contributed by atoms with Crippen molar-refractivity contribution in [3.63, 3.8) is 0 Å². The second kappa shape index (κ2) is 5.01. The first kappa shape index (κ1) is 14.9. The summed E-state index contributed by atoms with van der Waals surface area (Å²) < 4.78 is 7.53. The molecular formula is C15H22N6O. The molecular weight excluding hydrogens is 280 g/mol. The summed E-state index contributed by atoms with van der Waals surface area (Å²) in [4.78, 5) is 11.3. The van der Waals surface area contributed by atoms with E-state index in [9.17, 15) is 0 Å². The van der Waals surface area contributed by atoms with Crippen molar-refractivity contribution in [1.82, 2.24) is 25.0 Å². The van der Waals surface area contributed by atoms with Gasteiger partial charge in [0, 0.05) is 25.8 Å². The highest BCUT2D eigenvalue weighted by Gasteiger charge is 2.48. The van der Waals surface area contributed by atoms with Crippen LogP contribution < -0.4 is 4.90 Å². The Kier molecular flexibility index (Phi) is 3.40. The van der Waals surface area contributed by atoms with Crippen molar-refractivity contribution in [2.75, 3.05) is 25.1 Å². The van der Waals surface area contributed by atoms with Gasteiger partial charge in [0.25, 0.3) is 0 Å². The molecule has 1 saturated heterocycles. The summed E-state index contributed by atoms with van der Waals surface area (Å²) in [5.74, 6) is 1.78. The van der Waals surface area contributed by atoms with E-state index < -0.39 is 0 Å². The lowest BCUT2D eigenvalue weighted by atomic mass is 9.90. The zero-order valence-corrected chi connectivity index (χ0v) is 13.7. The maximum absolute atomic E-state index is 5.76. The smallest absolute Gasteiger partial charge is 0.146 e. The fourth-order valence-electron chi connectivity index (χ4n) is 2.72. The molecule has 0 spiro atoms. The Hall–Kier alpha value is -2.02. The Morgan fingerprint density at radius 1 is 1.27 bits per heavy atom. The molecule has 2 aromatic heterocycles. The van der Waals surface area contributed by atoms with Gasteiger partial charge in [0.2, 0.25) is 0 Å². The van der Waals surface area contributed by atoms with Gasteiger partial charge in [-0.05, 0) is 6.07 Å². The third-order valence-corrected chi connectivity index (χ3v) is 4.10. The first-order valence-corrected chi connectivity index (χ1v) is 7.34. The molecule has 0 unspecified atom stereocenters. The number of ether oxygens (including phenoxy) is 1. The topological polar surface area (TPSA) is 69.0 Å². The molecule has 7 heteroatoms. The van der Waals surface area contributed by atoms with Gasteiger partial charge < -0.3 is 9.64 Å². The largest absolute Gasteiger partial charge is 0.368 e. The number of nitrogens with zero attached hydrogens (tertiary/aromatic N) is 6. The van der Waals surface area contributed by atoms with E-state index in [4.69, 9.17) is 9.72 Å². The maximum Gasteiger partial charge on any atom is 0.146 e. The Bertz CT molecular complexity index is 669. The lowest BCUT2D eigenvalue weighted by molar-refractivity contribution is -0.0448. The molecule has 0 radical (unpaired) electrons. The molecule has 0 N–H and O–H groups in total. The summed E-state index contributed by atoms with van der Waals surface area (Å²) in [6.07, 6.45) is 3.59. The van der Waals surface area contributed by atoms with Crippen molar-refractivity contribution in [3.8, 4) is 0 Å². The Balaban J connectivity index is 1.82. The van der Waals surface area contributed by atoms with E-state index in [0.29, 0.717) is 0 Å². The minimum absolute atomic E-state index is 0.0643.